The summed E-state index contributed by atoms with van der Waals surface area (Å²) in [6.45, 7) is 1.49. The number of phenolic OH excluding ortho intramolecular Hbond substituents is 1. The van der Waals surface area contributed by atoms with Gasteiger partial charge in [-0.2, -0.15) is 10.4 Å². The van der Waals surface area contributed by atoms with E-state index in [9.17, 15) is 14.3 Å². The van der Waals surface area contributed by atoms with Crippen LogP contribution in [0.1, 0.15) is 24.5 Å². The molecule has 0 aliphatic carbocycles. The van der Waals surface area contributed by atoms with E-state index in [0.717, 1.165) is 12.1 Å². The minimum absolute atomic E-state index is 0.120. The Balaban J connectivity index is 1.97. The molecule has 128 valence electrons. The van der Waals surface area contributed by atoms with Gasteiger partial charge in [-0.1, -0.05) is 6.92 Å². The zero-order valence-corrected chi connectivity index (χ0v) is 13.5. The first-order valence-corrected chi connectivity index (χ1v) is 7.50. The van der Waals surface area contributed by atoms with Crippen molar-refractivity contribution < 1.29 is 19.0 Å². The van der Waals surface area contributed by atoms with Crippen LogP contribution in [0.5, 0.6) is 11.5 Å². The number of aromatic hydroxyl groups is 1. The smallest absolute Gasteiger partial charge is 0.277 e. The second kappa shape index (κ2) is 8.45. The summed E-state index contributed by atoms with van der Waals surface area (Å²) in [6.07, 6.45) is 0.383. The van der Waals surface area contributed by atoms with Crippen molar-refractivity contribution in [1.29, 1.82) is 5.26 Å². The largest absolute Gasteiger partial charge is 0.507 e. The van der Waals surface area contributed by atoms with Crippen LogP contribution in [0.15, 0.2) is 47.6 Å². The fourth-order valence-corrected chi connectivity index (χ4v) is 2.01. The van der Waals surface area contributed by atoms with E-state index in [-0.39, 0.29) is 17.9 Å². The number of hydrogen-bond donors (Lipinski definition) is 2. The van der Waals surface area contributed by atoms with Crippen molar-refractivity contribution in [2.75, 3.05) is 6.61 Å². The van der Waals surface area contributed by atoms with Crippen LogP contribution in [0.2, 0.25) is 0 Å². The minimum Gasteiger partial charge on any atom is -0.507 e. The molecule has 0 saturated carbocycles. The van der Waals surface area contributed by atoms with Crippen LogP contribution in [0, 0.1) is 17.1 Å². The molecule has 25 heavy (non-hydrogen) atoms. The zero-order valence-electron chi connectivity index (χ0n) is 13.5. The number of ether oxygens (including phenoxy) is 1. The molecule has 0 heterocycles. The third-order valence-corrected chi connectivity index (χ3v) is 3.27. The first-order chi connectivity index (χ1) is 12.0. The number of hydrazone groups is 1. The Morgan fingerprint density at radius 3 is 2.68 bits per heavy atom. The van der Waals surface area contributed by atoms with Crippen LogP contribution in [0.4, 0.5) is 4.39 Å². The quantitative estimate of drug-likeness (QED) is 0.624. The van der Waals surface area contributed by atoms with Crippen molar-refractivity contribution in [3.8, 4) is 17.6 Å². The van der Waals surface area contributed by atoms with E-state index in [1.165, 1.54) is 6.07 Å². The third kappa shape index (κ3) is 5.04. The van der Waals surface area contributed by atoms with Crippen LogP contribution in [-0.4, -0.2) is 23.3 Å². The number of nitrogens with one attached hydrogen (secondary N) is 1. The molecule has 0 unspecified atom stereocenters. The molecular formula is C18H16FN3O3. The van der Waals surface area contributed by atoms with Gasteiger partial charge in [0.1, 0.15) is 17.3 Å². The Bertz CT molecular complexity index is 826. The summed E-state index contributed by atoms with van der Waals surface area (Å²) in [5.41, 5.74) is 3.35. The standard InChI is InChI=1S/C18H16FN3O3/c1-2-16(15-9-13(19)5-8-17(15)23)21-22-18(24)11-25-14-6-3-12(10-20)4-7-14/h3-9,23H,2,11H2,1H3,(H,22,24)/b21-16+. The average Bonchev–Trinajstić information content (AvgIpc) is 2.63. The number of nitrogens with zero attached hydrogens (tertiary/aromatic N) is 2. The summed E-state index contributed by atoms with van der Waals surface area (Å²) < 4.78 is 18.6. The number of amides is 1. The molecule has 0 aliphatic heterocycles. The lowest BCUT2D eigenvalue weighted by atomic mass is 10.1. The summed E-state index contributed by atoms with van der Waals surface area (Å²) >= 11 is 0. The van der Waals surface area contributed by atoms with E-state index >= 15 is 0 Å². The molecule has 0 saturated heterocycles. The normalized spacial score (nSPS) is 10.8. The maximum absolute atomic E-state index is 13.3. The summed E-state index contributed by atoms with van der Waals surface area (Å²) in [6, 6.07) is 11.8. The molecule has 0 radical (unpaired) electrons. The van der Waals surface area contributed by atoms with Gasteiger partial charge in [0.25, 0.3) is 5.91 Å². The second-order valence-electron chi connectivity index (χ2n) is 5.03. The molecule has 0 aromatic heterocycles. The van der Waals surface area contributed by atoms with Gasteiger partial charge in [-0.05, 0) is 48.9 Å². The molecule has 6 nitrogen and oxygen atoms in total. The molecule has 2 aromatic rings. The second-order valence-corrected chi connectivity index (χ2v) is 5.03. The van der Waals surface area contributed by atoms with Gasteiger partial charge in [0.2, 0.25) is 0 Å². The number of carbonyl (C=O) groups excluding carboxylic acids is 1. The van der Waals surface area contributed by atoms with E-state index in [4.69, 9.17) is 10.00 Å². The maximum Gasteiger partial charge on any atom is 0.277 e. The van der Waals surface area contributed by atoms with Crippen LogP contribution in [0.3, 0.4) is 0 Å². The SMILES string of the molecule is CC/C(=N\NC(=O)COc1ccc(C#N)cc1)c1cc(F)ccc1O. The van der Waals surface area contributed by atoms with Crippen molar-refractivity contribution in [1.82, 2.24) is 5.43 Å². The highest BCUT2D eigenvalue weighted by Crippen LogP contribution is 2.20. The van der Waals surface area contributed by atoms with Gasteiger partial charge in [0, 0.05) is 5.56 Å². The van der Waals surface area contributed by atoms with Gasteiger partial charge in [-0.25, -0.2) is 9.82 Å². The van der Waals surface area contributed by atoms with Crippen LogP contribution >= 0.6 is 0 Å². The number of halogens is 1. The first-order valence-electron chi connectivity index (χ1n) is 7.50. The van der Waals surface area contributed by atoms with Gasteiger partial charge < -0.3 is 9.84 Å². The van der Waals surface area contributed by atoms with E-state index in [2.05, 4.69) is 10.5 Å². The van der Waals surface area contributed by atoms with Crippen LogP contribution in [0.25, 0.3) is 0 Å². The van der Waals surface area contributed by atoms with Crippen molar-refractivity contribution in [2.24, 2.45) is 5.10 Å². The lowest BCUT2D eigenvalue weighted by molar-refractivity contribution is -0.123. The highest BCUT2D eigenvalue weighted by Gasteiger charge is 2.10. The van der Waals surface area contributed by atoms with Crippen LogP contribution < -0.4 is 10.2 Å². The van der Waals surface area contributed by atoms with E-state index in [0.29, 0.717) is 23.4 Å². The Labute approximate surface area is 144 Å². The molecule has 7 heteroatoms. The van der Waals surface area contributed by atoms with E-state index in [1.54, 1.807) is 31.2 Å². The van der Waals surface area contributed by atoms with E-state index < -0.39 is 11.7 Å². The van der Waals surface area contributed by atoms with Crippen LogP contribution in [-0.2, 0) is 4.79 Å². The minimum atomic E-state index is -0.510. The molecule has 2 rings (SSSR count). The molecule has 1 amide bonds. The van der Waals surface area contributed by atoms with Gasteiger partial charge >= 0.3 is 0 Å². The fourth-order valence-electron chi connectivity index (χ4n) is 2.01. The lowest BCUT2D eigenvalue weighted by Gasteiger charge is -2.08. The molecule has 0 bridgehead atoms. The topological polar surface area (TPSA) is 94.7 Å². The predicted molar refractivity (Wildman–Crippen MR) is 89.7 cm³/mol. The van der Waals surface area contributed by atoms with Crippen molar-refractivity contribution in [2.45, 2.75) is 13.3 Å². The molecule has 2 aromatic carbocycles. The summed E-state index contributed by atoms with van der Waals surface area (Å²) in [7, 11) is 0. The van der Waals surface area contributed by atoms with Gasteiger partial charge in [-0.3, -0.25) is 4.79 Å². The van der Waals surface area contributed by atoms with Gasteiger partial charge in [0.05, 0.1) is 17.3 Å². The Kier molecular flexibility index (Phi) is 6.07. The molecule has 0 fully saturated rings. The highest BCUT2D eigenvalue weighted by molar-refractivity contribution is 6.03. The molecule has 0 atom stereocenters. The number of hydrogen-bond acceptors (Lipinski definition) is 5. The number of phenols is 1. The Morgan fingerprint density at radius 1 is 1.32 bits per heavy atom. The number of benzene rings is 2. The molecular weight excluding hydrogens is 325 g/mol. The third-order valence-electron chi connectivity index (χ3n) is 3.27. The lowest BCUT2D eigenvalue weighted by Crippen LogP contribution is -2.26. The zero-order chi connectivity index (χ0) is 18.2. The highest BCUT2D eigenvalue weighted by atomic mass is 19.1. The monoisotopic (exact) mass is 341 g/mol. The van der Waals surface area contributed by atoms with Gasteiger partial charge in [-0.15, -0.1) is 0 Å². The summed E-state index contributed by atoms with van der Waals surface area (Å²) in [5.74, 6) is -0.697. The van der Waals surface area contributed by atoms with Crippen molar-refractivity contribution in [3.63, 3.8) is 0 Å². The predicted octanol–water partition coefficient (Wildman–Crippen LogP) is 2.71. The first kappa shape index (κ1) is 17.9. The fraction of sp³-hybridized carbons (Fsp3) is 0.167. The maximum atomic E-state index is 13.3. The van der Waals surface area contributed by atoms with Gasteiger partial charge in [0.15, 0.2) is 6.61 Å². The van der Waals surface area contributed by atoms with Crippen molar-refractivity contribution >= 4 is 11.6 Å². The summed E-state index contributed by atoms with van der Waals surface area (Å²) in [4.78, 5) is 11.8. The van der Waals surface area contributed by atoms with E-state index in [1.807, 2.05) is 6.07 Å². The Hall–Kier alpha value is -3.40. The summed E-state index contributed by atoms with van der Waals surface area (Å²) in [5, 5.41) is 22.4. The molecule has 0 aliphatic rings. The number of carbonyl (C=O) groups is 1. The molecule has 2 N–H and O–H groups in total. The number of rotatable bonds is 6. The van der Waals surface area contributed by atoms with Crippen molar-refractivity contribution in [3.05, 3.63) is 59.4 Å². The number of nitriles is 1. The average molecular weight is 341 g/mol. The Morgan fingerprint density at radius 2 is 2.04 bits per heavy atom. The molecule has 0 spiro atoms.